The molecule has 17 heavy (non-hydrogen) atoms. The van der Waals surface area contributed by atoms with Gasteiger partial charge in [0, 0.05) is 20.2 Å². The molecule has 1 rings (SSSR count). The third-order valence-electron chi connectivity index (χ3n) is 2.10. The van der Waals surface area contributed by atoms with Gasteiger partial charge in [-0.3, -0.25) is 0 Å². The minimum Gasteiger partial charge on any atom is -0.478 e. The summed E-state index contributed by atoms with van der Waals surface area (Å²) in [5, 5.41) is 11.7. The summed E-state index contributed by atoms with van der Waals surface area (Å²) in [6.45, 7) is 2.36. The minimum absolute atomic E-state index is 0.0596. The van der Waals surface area contributed by atoms with E-state index in [1.54, 1.807) is 7.11 Å². The summed E-state index contributed by atoms with van der Waals surface area (Å²) < 4.78 is 11.0. The van der Waals surface area contributed by atoms with E-state index in [1.165, 1.54) is 0 Å². The van der Waals surface area contributed by atoms with E-state index in [4.69, 9.17) is 14.7 Å². The van der Waals surface area contributed by atoms with Crippen molar-refractivity contribution in [2.75, 3.05) is 26.9 Å². The molecular formula is C12H15BrN2O2. The van der Waals surface area contributed by atoms with Crippen molar-refractivity contribution < 1.29 is 9.47 Å². The van der Waals surface area contributed by atoms with Crippen molar-refractivity contribution in [3.05, 3.63) is 28.2 Å². The minimum atomic E-state index is 0.0596. The van der Waals surface area contributed by atoms with Gasteiger partial charge in [0.25, 0.3) is 0 Å². The average molecular weight is 299 g/mol. The molecule has 0 bridgehead atoms. The Morgan fingerprint density at radius 2 is 2.29 bits per heavy atom. The van der Waals surface area contributed by atoms with Gasteiger partial charge in [0.05, 0.1) is 11.1 Å². The zero-order valence-electron chi connectivity index (χ0n) is 9.70. The van der Waals surface area contributed by atoms with Crippen molar-refractivity contribution in [1.82, 2.24) is 5.32 Å². The Morgan fingerprint density at radius 1 is 1.47 bits per heavy atom. The SMILES string of the molecule is COCCNCc1ccc(OCC#N)c(Br)c1. The van der Waals surface area contributed by atoms with Crippen LogP contribution in [0.5, 0.6) is 5.75 Å². The lowest BCUT2D eigenvalue weighted by Gasteiger charge is -2.08. The van der Waals surface area contributed by atoms with Crippen molar-refractivity contribution in [2.45, 2.75) is 6.54 Å². The van der Waals surface area contributed by atoms with Gasteiger partial charge in [0.15, 0.2) is 6.61 Å². The molecule has 0 heterocycles. The predicted octanol–water partition coefficient (Wildman–Crippen LogP) is 2.09. The highest BCUT2D eigenvalue weighted by Crippen LogP contribution is 2.25. The number of nitrogens with zero attached hydrogens (tertiary/aromatic N) is 1. The van der Waals surface area contributed by atoms with Crippen LogP contribution in [0, 0.1) is 11.3 Å². The Balaban J connectivity index is 2.47. The fourth-order valence-electron chi connectivity index (χ4n) is 1.29. The summed E-state index contributed by atoms with van der Waals surface area (Å²) in [4.78, 5) is 0. The normalized spacial score (nSPS) is 9.94. The lowest BCUT2D eigenvalue weighted by Crippen LogP contribution is -2.18. The summed E-state index contributed by atoms with van der Waals surface area (Å²) in [5.74, 6) is 0.687. The molecule has 1 aromatic carbocycles. The van der Waals surface area contributed by atoms with Crippen LogP contribution in [0.2, 0.25) is 0 Å². The molecule has 0 saturated heterocycles. The average Bonchev–Trinajstić information content (AvgIpc) is 2.34. The number of nitrogens with one attached hydrogen (secondary N) is 1. The van der Waals surface area contributed by atoms with Gasteiger partial charge < -0.3 is 14.8 Å². The van der Waals surface area contributed by atoms with Crippen LogP contribution in [-0.2, 0) is 11.3 Å². The number of rotatable bonds is 7. The number of ether oxygens (including phenoxy) is 2. The van der Waals surface area contributed by atoms with Crippen LogP contribution in [0.3, 0.4) is 0 Å². The number of hydrogen-bond donors (Lipinski definition) is 1. The maximum Gasteiger partial charge on any atom is 0.174 e. The zero-order valence-corrected chi connectivity index (χ0v) is 11.3. The Kier molecular flexibility index (Phi) is 6.63. The Bertz CT molecular complexity index is 391. The van der Waals surface area contributed by atoms with E-state index in [9.17, 15) is 0 Å². The topological polar surface area (TPSA) is 54.3 Å². The lowest BCUT2D eigenvalue weighted by molar-refractivity contribution is 0.199. The van der Waals surface area contributed by atoms with Crippen LogP contribution in [0.1, 0.15) is 5.56 Å². The molecule has 0 fully saturated rings. The molecule has 0 unspecified atom stereocenters. The Labute approximate surface area is 110 Å². The summed E-state index contributed by atoms with van der Waals surface area (Å²) in [6, 6.07) is 7.74. The summed E-state index contributed by atoms with van der Waals surface area (Å²) in [6.07, 6.45) is 0. The van der Waals surface area contributed by atoms with E-state index in [2.05, 4.69) is 21.2 Å². The maximum atomic E-state index is 8.43. The number of benzene rings is 1. The molecule has 0 aliphatic rings. The van der Waals surface area contributed by atoms with Gasteiger partial charge in [-0.25, -0.2) is 0 Å². The molecule has 5 heteroatoms. The van der Waals surface area contributed by atoms with Gasteiger partial charge in [-0.05, 0) is 33.6 Å². The molecule has 0 aliphatic heterocycles. The number of hydrogen-bond acceptors (Lipinski definition) is 4. The van der Waals surface area contributed by atoms with Gasteiger partial charge in [0.1, 0.15) is 11.8 Å². The highest BCUT2D eigenvalue weighted by atomic mass is 79.9. The molecule has 0 aromatic heterocycles. The van der Waals surface area contributed by atoms with E-state index in [0.717, 1.165) is 23.1 Å². The number of methoxy groups -OCH3 is 1. The second-order valence-electron chi connectivity index (χ2n) is 3.38. The van der Waals surface area contributed by atoms with Gasteiger partial charge >= 0.3 is 0 Å². The fraction of sp³-hybridized carbons (Fsp3) is 0.417. The van der Waals surface area contributed by atoms with Crippen LogP contribution in [0.25, 0.3) is 0 Å². The van der Waals surface area contributed by atoms with Crippen molar-refractivity contribution in [1.29, 1.82) is 5.26 Å². The van der Waals surface area contributed by atoms with E-state index in [-0.39, 0.29) is 6.61 Å². The maximum absolute atomic E-state index is 8.43. The molecular weight excluding hydrogens is 284 g/mol. The third-order valence-corrected chi connectivity index (χ3v) is 2.72. The summed E-state index contributed by atoms with van der Waals surface area (Å²) in [7, 11) is 1.68. The smallest absolute Gasteiger partial charge is 0.174 e. The zero-order chi connectivity index (χ0) is 12.5. The molecule has 1 N–H and O–H groups in total. The molecule has 0 atom stereocenters. The molecule has 1 aromatic rings. The highest BCUT2D eigenvalue weighted by molar-refractivity contribution is 9.10. The van der Waals surface area contributed by atoms with Crippen molar-refractivity contribution in [3.63, 3.8) is 0 Å². The highest BCUT2D eigenvalue weighted by Gasteiger charge is 2.02. The molecule has 0 aliphatic carbocycles. The van der Waals surface area contributed by atoms with Crippen molar-refractivity contribution >= 4 is 15.9 Å². The first-order valence-electron chi connectivity index (χ1n) is 5.25. The quantitative estimate of drug-likeness (QED) is 0.783. The predicted molar refractivity (Wildman–Crippen MR) is 68.8 cm³/mol. The number of nitriles is 1. The third kappa shape index (κ3) is 5.18. The Morgan fingerprint density at radius 3 is 2.94 bits per heavy atom. The summed E-state index contributed by atoms with van der Waals surface area (Å²) >= 11 is 3.41. The van der Waals surface area contributed by atoms with Crippen LogP contribution in [-0.4, -0.2) is 26.9 Å². The second kappa shape index (κ2) is 8.07. The van der Waals surface area contributed by atoms with E-state index in [1.807, 2.05) is 24.3 Å². The van der Waals surface area contributed by atoms with Crippen LogP contribution in [0.4, 0.5) is 0 Å². The first kappa shape index (κ1) is 14.0. The lowest BCUT2D eigenvalue weighted by atomic mass is 10.2. The molecule has 0 spiro atoms. The summed E-state index contributed by atoms with van der Waals surface area (Å²) in [5.41, 5.74) is 1.15. The van der Waals surface area contributed by atoms with E-state index in [0.29, 0.717) is 12.4 Å². The van der Waals surface area contributed by atoms with Crippen LogP contribution in [0.15, 0.2) is 22.7 Å². The first-order valence-corrected chi connectivity index (χ1v) is 6.05. The number of halogens is 1. The Hall–Kier alpha value is -1.09. The van der Waals surface area contributed by atoms with E-state index >= 15 is 0 Å². The molecule has 0 radical (unpaired) electrons. The van der Waals surface area contributed by atoms with Crippen LogP contribution >= 0.6 is 15.9 Å². The molecule has 0 amide bonds. The molecule has 0 saturated carbocycles. The van der Waals surface area contributed by atoms with Crippen LogP contribution < -0.4 is 10.1 Å². The van der Waals surface area contributed by atoms with Crippen molar-refractivity contribution in [3.8, 4) is 11.8 Å². The van der Waals surface area contributed by atoms with Gasteiger partial charge in [0.2, 0.25) is 0 Å². The largest absolute Gasteiger partial charge is 0.478 e. The molecule has 4 nitrogen and oxygen atoms in total. The fourth-order valence-corrected chi connectivity index (χ4v) is 1.83. The van der Waals surface area contributed by atoms with Gasteiger partial charge in [-0.1, -0.05) is 6.07 Å². The van der Waals surface area contributed by atoms with Gasteiger partial charge in [-0.15, -0.1) is 0 Å². The standard InChI is InChI=1S/C12H15BrN2O2/c1-16-7-5-15-9-10-2-3-12(11(13)8-10)17-6-4-14/h2-3,8,15H,5-7,9H2,1H3. The monoisotopic (exact) mass is 298 g/mol. The van der Waals surface area contributed by atoms with E-state index < -0.39 is 0 Å². The first-order chi connectivity index (χ1) is 8.27. The van der Waals surface area contributed by atoms with Crippen molar-refractivity contribution in [2.24, 2.45) is 0 Å². The molecule has 92 valence electrons. The van der Waals surface area contributed by atoms with Gasteiger partial charge in [-0.2, -0.15) is 5.26 Å². The second-order valence-corrected chi connectivity index (χ2v) is 4.24.